The summed E-state index contributed by atoms with van der Waals surface area (Å²) in [5, 5.41) is 0. The number of nitrogens with zero attached hydrogens (tertiary/aromatic N) is 3. The fourth-order valence-corrected chi connectivity index (χ4v) is 5.49. The molecule has 2 N–H and O–H groups in total. The van der Waals surface area contributed by atoms with Crippen molar-refractivity contribution in [1.29, 1.82) is 0 Å². The molecule has 0 saturated carbocycles. The number of carbonyl (C=O) groups is 2. The Bertz CT molecular complexity index is 1320. The van der Waals surface area contributed by atoms with E-state index < -0.39 is 5.97 Å². The summed E-state index contributed by atoms with van der Waals surface area (Å²) in [7, 11) is 5.86. The third-order valence-electron chi connectivity index (χ3n) is 7.35. The van der Waals surface area contributed by atoms with E-state index in [-0.39, 0.29) is 18.5 Å². The summed E-state index contributed by atoms with van der Waals surface area (Å²) < 4.78 is 2.50. The van der Waals surface area contributed by atoms with E-state index in [9.17, 15) is 9.59 Å². The first-order valence-electron chi connectivity index (χ1n) is 14.0. The van der Waals surface area contributed by atoms with Crippen molar-refractivity contribution in [3.05, 3.63) is 102 Å². The number of hydrogen-bond donors (Lipinski definition) is 1. The zero-order valence-corrected chi connectivity index (χ0v) is 25.0. The Morgan fingerprint density at radius 1 is 0.976 bits per heavy atom. The van der Waals surface area contributed by atoms with E-state index in [4.69, 9.17) is 5.90 Å². The number of terminal acetylenes is 1. The van der Waals surface area contributed by atoms with Crippen LogP contribution in [0.4, 0.5) is 5.69 Å². The zero-order chi connectivity index (χ0) is 30.4. The Hall–Kier alpha value is -4.25. The summed E-state index contributed by atoms with van der Waals surface area (Å²) in [5.41, 5.74) is 4.62. The van der Waals surface area contributed by atoms with Gasteiger partial charge in [-0.05, 0) is 24.3 Å². The Morgan fingerprint density at radius 2 is 1.54 bits per heavy atom. The molecule has 7 heteroatoms. The first-order chi connectivity index (χ1) is 19.8. The van der Waals surface area contributed by atoms with Gasteiger partial charge >= 0.3 is 5.97 Å². The Morgan fingerprint density at radius 3 is 2.15 bits per heavy atom. The van der Waals surface area contributed by atoms with Gasteiger partial charge in [0.2, 0.25) is 12.3 Å². The second-order valence-corrected chi connectivity index (χ2v) is 9.98. The van der Waals surface area contributed by atoms with E-state index in [1.807, 2.05) is 93.2 Å². The van der Waals surface area contributed by atoms with E-state index in [1.165, 1.54) is 5.56 Å². The van der Waals surface area contributed by atoms with Gasteiger partial charge in [-0.25, -0.2) is 9.37 Å². The van der Waals surface area contributed by atoms with Crippen LogP contribution in [0, 0.1) is 12.8 Å². The number of benzene rings is 3. The van der Waals surface area contributed by atoms with Crippen LogP contribution in [0.15, 0.2) is 84.9 Å². The predicted octanol–water partition coefficient (Wildman–Crippen LogP) is 4.63. The lowest BCUT2D eigenvalue weighted by molar-refractivity contribution is -0.925. The number of quaternary nitrogens is 1. The molecule has 2 atom stereocenters. The molecule has 4 rings (SSSR count). The van der Waals surface area contributed by atoms with Crippen LogP contribution in [0.1, 0.15) is 43.4 Å². The fraction of sp³-hybridized carbons (Fsp3) is 0.324. The van der Waals surface area contributed by atoms with Gasteiger partial charge in [0, 0.05) is 31.0 Å². The Labute approximate surface area is 245 Å². The molecule has 0 spiro atoms. The lowest BCUT2D eigenvalue weighted by atomic mass is 9.99. The number of hydrogen-bond acceptors (Lipinski definition) is 4. The van der Waals surface area contributed by atoms with Gasteiger partial charge < -0.3 is 14.2 Å². The van der Waals surface area contributed by atoms with Gasteiger partial charge in [-0.15, -0.1) is 12.8 Å². The van der Waals surface area contributed by atoms with Crippen LogP contribution in [-0.2, 0) is 21.0 Å². The van der Waals surface area contributed by atoms with Crippen molar-refractivity contribution >= 4 is 23.3 Å². The lowest BCUT2D eigenvalue weighted by Gasteiger charge is -2.37. The maximum Gasteiger partial charge on any atom is 0.390 e. The number of nitrogens with two attached hydrogens (primary N) is 1. The highest BCUT2D eigenvalue weighted by atomic mass is 16.7. The van der Waals surface area contributed by atoms with Crippen molar-refractivity contribution < 1.29 is 23.5 Å². The van der Waals surface area contributed by atoms with Crippen molar-refractivity contribution in [3.8, 4) is 12.8 Å². The molecule has 1 aliphatic rings. The summed E-state index contributed by atoms with van der Waals surface area (Å²) >= 11 is 0. The van der Waals surface area contributed by atoms with Crippen molar-refractivity contribution in [2.75, 3.05) is 39.1 Å². The molecule has 1 heterocycles. The average molecular weight is 557 g/mol. The number of likely N-dealkylation sites (N-methyl/N-ethyl adjacent to an activating group) is 3. The van der Waals surface area contributed by atoms with Gasteiger partial charge in [0.05, 0.1) is 24.8 Å². The molecule has 1 amide bonds. The normalized spacial score (nSPS) is 18.0. The van der Waals surface area contributed by atoms with Crippen molar-refractivity contribution in [3.63, 3.8) is 0 Å². The van der Waals surface area contributed by atoms with Crippen LogP contribution in [0.3, 0.4) is 0 Å². The number of carbonyl (C=O) groups excluding carboxylic acids is 2. The number of anilines is 1. The van der Waals surface area contributed by atoms with Gasteiger partial charge in [-0.2, -0.15) is 5.90 Å². The van der Waals surface area contributed by atoms with Crippen LogP contribution in [-0.4, -0.2) is 66.9 Å². The van der Waals surface area contributed by atoms with E-state index in [0.29, 0.717) is 4.48 Å². The molecule has 1 unspecified atom stereocenters. The highest BCUT2D eigenvalue weighted by molar-refractivity contribution is 6.15. The minimum Gasteiger partial charge on any atom is -0.369 e. The van der Waals surface area contributed by atoms with Gasteiger partial charge in [0.25, 0.3) is 5.91 Å². The van der Waals surface area contributed by atoms with Gasteiger partial charge in [-0.3, -0.25) is 4.79 Å². The second-order valence-electron chi connectivity index (χ2n) is 9.98. The second kappa shape index (κ2) is 16.1. The topological polar surface area (TPSA) is 75.6 Å². The number of para-hydroxylation sites is 1. The number of amides is 1. The number of likely N-dealkylation sites (tertiary alicyclic amines) is 1. The molecule has 0 radical (unpaired) electrons. The first-order valence-corrected chi connectivity index (χ1v) is 14.0. The molecule has 0 aliphatic carbocycles. The smallest absolute Gasteiger partial charge is 0.369 e. The third-order valence-corrected chi connectivity index (χ3v) is 7.35. The summed E-state index contributed by atoms with van der Waals surface area (Å²) in [6, 6.07) is 27.9. The molecule has 216 valence electrons. The minimum absolute atomic E-state index is 0.0264. The molecule has 1 saturated heterocycles. The molecule has 3 aromatic carbocycles. The van der Waals surface area contributed by atoms with Gasteiger partial charge in [0.1, 0.15) is 13.6 Å². The standard InChI is InChI=1S/C30H36N4O3.C2H6.C2H2/c1-32(21-28(35)37-31)29(24-15-8-5-9-16-24)25-17-10-11-18-26(25)33(2)30(36)27-19-12-20-34(27,3)22-23-13-6-4-7-14-23;2*1-2/h4-11,13-18,27H,12,19-22,31H2,1-3H3;1-2H3;1-2H/q+2;;/t27-,34?;;/m0../s1. The SMILES string of the molecule is C#C.CC.CN(C(=O)[C@@H]1CCC[N+]1(C)Cc1ccccc1)c1ccccc1C(c1ccccc1)=[N+](C)CC(=O)ON. The lowest BCUT2D eigenvalue weighted by Crippen LogP contribution is -2.54. The minimum atomic E-state index is -0.544. The molecular formula is C34H44N4O3+2. The predicted molar refractivity (Wildman–Crippen MR) is 166 cm³/mol. The van der Waals surface area contributed by atoms with Crippen LogP contribution in [0.5, 0.6) is 0 Å². The first kappa shape index (κ1) is 33.0. The van der Waals surface area contributed by atoms with Crippen molar-refractivity contribution in [1.82, 2.24) is 0 Å². The van der Waals surface area contributed by atoms with E-state index in [1.54, 1.807) is 4.90 Å². The van der Waals surface area contributed by atoms with Crippen molar-refractivity contribution in [2.24, 2.45) is 5.90 Å². The zero-order valence-electron chi connectivity index (χ0n) is 25.0. The molecule has 1 fully saturated rings. The van der Waals surface area contributed by atoms with Crippen LogP contribution in [0.2, 0.25) is 0 Å². The van der Waals surface area contributed by atoms with Crippen LogP contribution in [0.25, 0.3) is 0 Å². The molecule has 0 aromatic heterocycles. The van der Waals surface area contributed by atoms with Gasteiger partial charge in [-0.1, -0.05) is 74.5 Å². The highest BCUT2D eigenvalue weighted by Gasteiger charge is 2.44. The maximum absolute atomic E-state index is 14.1. The molecule has 1 aliphatic heterocycles. The Balaban J connectivity index is 0.00000141. The monoisotopic (exact) mass is 556 g/mol. The Kier molecular flexibility index (Phi) is 13.0. The van der Waals surface area contributed by atoms with Gasteiger partial charge in [0.15, 0.2) is 6.04 Å². The van der Waals surface area contributed by atoms with E-state index in [0.717, 1.165) is 48.5 Å². The fourth-order valence-electron chi connectivity index (χ4n) is 5.49. The summed E-state index contributed by atoms with van der Waals surface area (Å²) in [6.07, 6.45) is 9.87. The molecule has 3 aromatic rings. The molecule has 7 nitrogen and oxygen atoms in total. The summed E-state index contributed by atoms with van der Waals surface area (Å²) in [4.78, 5) is 32.3. The molecular weight excluding hydrogens is 512 g/mol. The quantitative estimate of drug-likeness (QED) is 0.144. The average Bonchev–Trinajstić information content (AvgIpc) is 3.40. The maximum atomic E-state index is 14.1. The van der Waals surface area contributed by atoms with Crippen LogP contribution < -0.4 is 10.8 Å². The molecule has 0 bridgehead atoms. The largest absolute Gasteiger partial charge is 0.390 e. The summed E-state index contributed by atoms with van der Waals surface area (Å²) in [5.74, 6) is 4.68. The van der Waals surface area contributed by atoms with Crippen molar-refractivity contribution in [2.45, 2.75) is 39.3 Å². The number of rotatable bonds is 8. The van der Waals surface area contributed by atoms with E-state index >= 15 is 0 Å². The highest BCUT2D eigenvalue weighted by Crippen LogP contribution is 2.31. The molecule has 41 heavy (non-hydrogen) atoms. The summed E-state index contributed by atoms with van der Waals surface area (Å²) in [6.45, 7) is 5.76. The third kappa shape index (κ3) is 8.14. The van der Waals surface area contributed by atoms with E-state index in [2.05, 4.69) is 49.0 Å². The van der Waals surface area contributed by atoms with Crippen LogP contribution >= 0.6 is 0 Å².